The molecule has 150 valence electrons. The summed E-state index contributed by atoms with van der Waals surface area (Å²) >= 11 is 0. The number of anilines is 1. The smallest absolute Gasteiger partial charge is 0.227 e. The van der Waals surface area contributed by atoms with Crippen LogP contribution in [0.2, 0.25) is 0 Å². The Kier molecular flexibility index (Phi) is 5.29. The molecule has 1 N–H and O–H groups in total. The van der Waals surface area contributed by atoms with Crippen molar-refractivity contribution in [1.82, 2.24) is 25.1 Å². The lowest BCUT2D eigenvalue weighted by Crippen LogP contribution is -2.32. The van der Waals surface area contributed by atoms with Crippen LogP contribution in [0.1, 0.15) is 35.7 Å². The first-order valence-corrected chi connectivity index (χ1v) is 9.92. The molecule has 0 bridgehead atoms. The molecule has 0 saturated carbocycles. The highest BCUT2D eigenvalue weighted by molar-refractivity contribution is 5.80. The minimum Gasteiger partial charge on any atom is -0.347 e. The standard InChI is InChI=1S/C22H26N6O/c1-15-6-4-7-16(12-15)13-20(29)28-11-5-8-19(28)21-17(14-24-26-21)18-9-10-23-22(25-18)27(2)3/h4,6-7,9-10,12,14,19H,5,8,11,13H2,1-3H3,(H,24,26)/t19-/m0/s1. The van der Waals surface area contributed by atoms with Gasteiger partial charge in [-0.05, 0) is 31.4 Å². The van der Waals surface area contributed by atoms with E-state index in [2.05, 4.69) is 26.2 Å². The minimum absolute atomic E-state index is 0.0115. The Morgan fingerprint density at radius 3 is 2.97 bits per heavy atom. The van der Waals surface area contributed by atoms with Gasteiger partial charge in [0.1, 0.15) is 0 Å². The number of carbonyl (C=O) groups excluding carboxylic acids is 1. The highest BCUT2D eigenvalue weighted by Crippen LogP contribution is 2.36. The summed E-state index contributed by atoms with van der Waals surface area (Å²) < 4.78 is 0. The van der Waals surface area contributed by atoms with Crippen molar-refractivity contribution in [2.45, 2.75) is 32.2 Å². The normalized spacial score (nSPS) is 16.2. The monoisotopic (exact) mass is 390 g/mol. The molecule has 1 saturated heterocycles. The lowest BCUT2D eigenvalue weighted by atomic mass is 10.0. The Morgan fingerprint density at radius 2 is 2.17 bits per heavy atom. The van der Waals surface area contributed by atoms with Crippen molar-refractivity contribution in [3.63, 3.8) is 0 Å². The van der Waals surface area contributed by atoms with Gasteiger partial charge in [-0.3, -0.25) is 9.89 Å². The molecule has 0 radical (unpaired) electrons. The van der Waals surface area contributed by atoms with E-state index in [1.54, 1.807) is 12.4 Å². The molecule has 1 aliphatic rings. The van der Waals surface area contributed by atoms with Gasteiger partial charge in [0.15, 0.2) is 0 Å². The Hall–Kier alpha value is -3.22. The zero-order valence-corrected chi connectivity index (χ0v) is 17.1. The van der Waals surface area contributed by atoms with Crippen molar-refractivity contribution in [3.8, 4) is 11.3 Å². The minimum atomic E-state index is -0.0115. The Labute approximate surface area is 170 Å². The number of hydrogen-bond acceptors (Lipinski definition) is 5. The van der Waals surface area contributed by atoms with Gasteiger partial charge in [0.25, 0.3) is 0 Å². The van der Waals surface area contributed by atoms with Gasteiger partial charge in [-0.2, -0.15) is 5.10 Å². The van der Waals surface area contributed by atoms with E-state index in [1.165, 1.54) is 5.56 Å². The molecule has 1 aromatic carbocycles. The number of benzene rings is 1. The maximum atomic E-state index is 13.1. The van der Waals surface area contributed by atoms with Crippen molar-refractivity contribution in [3.05, 3.63) is 59.5 Å². The molecule has 1 amide bonds. The van der Waals surface area contributed by atoms with Crippen LogP contribution in [-0.2, 0) is 11.2 Å². The molecule has 29 heavy (non-hydrogen) atoms. The van der Waals surface area contributed by atoms with Crippen LogP contribution < -0.4 is 4.90 Å². The first-order chi connectivity index (χ1) is 14.0. The Balaban J connectivity index is 1.59. The second-order valence-corrected chi connectivity index (χ2v) is 7.74. The summed E-state index contributed by atoms with van der Waals surface area (Å²) in [5.74, 6) is 0.795. The molecular formula is C22H26N6O. The summed E-state index contributed by atoms with van der Waals surface area (Å²) in [6, 6.07) is 10.0. The average molecular weight is 390 g/mol. The number of aromatic amines is 1. The van der Waals surface area contributed by atoms with Gasteiger partial charge in [0, 0.05) is 32.4 Å². The number of nitrogens with one attached hydrogen (secondary N) is 1. The fourth-order valence-electron chi connectivity index (χ4n) is 3.93. The molecule has 0 spiro atoms. The number of likely N-dealkylation sites (tertiary alicyclic amines) is 1. The maximum absolute atomic E-state index is 13.1. The third kappa shape index (κ3) is 3.99. The largest absolute Gasteiger partial charge is 0.347 e. The average Bonchev–Trinajstić information content (AvgIpc) is 3.37. The van der Waals surface area contributed by atoms with Gasteiger partial charge in [-0.25, -0.2) is 9.97 Å². The van der Waals surface area contributed by atoms with Crippen LogP contribution in [0.4, 0.5) is 5.95 Å². The number of aromatic nitrogens is 4. The summed E-state index contributed by atoms with van der Waals surface area (Å²) in [5.41, 5.74) is 4.91. The lowest BCUT2D eigenvalue weighted by Gasteiger charge is -2.25. The van der Waals surface area contributed by atoms with Crippen molar-refractivity contribution in [2.75, 3.05) is 25.5 Å². The van der Waals surface area contributed by atoms with E-state index in [4.69, 9.17) is 0 Å². The van der Waals surface area contributed by atoms with E-state index in [9.17, 15) is 4.79 Å². The van der Waals surface area contributed by atoms with Gasteiger partial charge in [0.05, 0.1) is 30.0 Å². The summed E-state index contributed by atoms with van der Waals surface area (Å²) in [6.07, 6.45) is 5.86. The Morgan fingerprint density at radius 1 is 1.31 bits per heavy atom. The first-order valence-electron chi connectivity index (χ1n) is 9.92. The second kappa shape index (κ2) is 8.03. The maximum Gasteiger partial charge on any atom is 0.227 e. The van der Waals surface area contributed by atoms with Crippen LogP contribution in [-0.4, -0.2) is 51.6 Å². The van der Waals surface area contributed by atoms with Gasteiger partial charge in [-0.1, -0.05) is 29.8 Å². The third-order valence-electron chi connectivity index (χ3n) is 5.33. The molecule has 1 aliphatic heterocycles. The van der Waals surface area contributed by atoms with Crippen LogP contribution in [0, 0.1) is 6.92 Å². The van der Waals surface area contributed by atoms with Crippen LogP contribution in [0.15, 0.2) is 42.7 Å². The van der Waals surface area contributed by atoms with E-state index < -0.39 is 0 Å². The Bertz CT molecular complexity index is 1010. The van der Waals surface area contributed by atoms with Crippen molar-refractivity contribution < 1.29 is 4.79 Å². The predicted octanol–water partition coefficient (Wildman–Crippen LogP) is 3.15. The summed E-state index contributed by atoms with van der Waals surface area (Å²) in [5, 5.41) is 7.40. The van der Waals surface area contributed by atoms with Crippen LogP contribution >= 0.6 is 0 Å². The molecule has 7 nitrogen and oxygen atoms in total. The topological polar surface area (TPSA) is 78.0 Å². The lowest BCUT2D eigenvalue weighted by molar-refractivity contribution is -0.131. The number of hydrogen-bond donors (Lipinski definition) is 1. The predicted molar refractivity (Wildman–Crippen MR) is 113 cm³/mol. The molecule has 3 heterocycles. The van der Waals surface area contributed by atoms with Gasteiger partial charge < -0.3 is 9.80 Å². The molecule has 3 aromatic rings. The summed E-state index contributed by atoms with van der Waals surface area (Å²) in [6.45, 7) is 2.81. The van der Waals surface area contributed by atoms with Crippen LogP contribution in [0.25, 0.3) is 11.3 Å². The fourth-order valence-corrected chi connectivity index (χ4v) is 3.93. The van der Waals surface area contributed by atoms with Crippen LogP contribution in [0.3, 0.4) is 0 Å². The molecule has 0 unspecified atom stereocenters. The molecule has 0 aliphatic carbocycles. The number of carbonyl (C=O) groups is 1. The van der Waals surface area contributed by atoms with E-state index in [-0.39, 0.29) is 11.9 Å². The second-order valence-electron chi connectivity index (χ2n) is 7.74. The summed E-state index contributed by atoms with van der Waals surface area (Å²) in [4.78, 5) is 25.9. The van der Waals surface area contributed by atoms with E-state index in [0.29, 0.717) is 12.4 Å². The number of rotatable bonds is 5. The SMILES string of the molecule is Cc1cccc(CC(=O)N2CCC[C@H]2c2[nH]ncc2-c2ccnc(N(C)C)n2)c1. The fraction of sp³-hybridized carbons (Fsp3) is 0.364. The van der Waals surface area contributed by atoms with E-state index >= 15 is 0 Å². The van der Waals surface area contributed by atoms with E-state index in [1.807, 2.05) is 55.1 Å². The zero-order valence-electron chi connectivity index (χ0n) is 17.1. The quantitative estimate of drug-likeness (QED) is 0.724. The number of nitrogens with zero attached hydrogens (tertiary/aromatic N) is 5. The number of H-pyrrole nitrogens is 1. The number of amides is 1. The third-order valence-corrected chi connectivity index (χ3v) is 5.33. The molecule has 4 rings (SSSR count). The molecular weight excluding hydrogens is 364 g/mol. The van der Waals surface area contributed by atoms with Crippen molar-refractivity contribution in [1.29, 1.82) is 0 Å². The molecule has 2 aromatic heterocycles. The summed E-state index contributed by atoms with van der Waals surface area (Å²) in [7, 11) is 3.83. The molecule has 7 heteroatoms. The van der Waals surface area contributed by atoms with E-state index in [0.717, 1.165) is 41.9 Å². The molecule has 1 fully saturated rings. The van der Waals surface area contributed by atoms with Gasteiger partial charge in [0.2, 0.25) is 11.9 Å². The first kappa shape index (κ1) is 19.1. The van der Waals surface area contributed by atoms with Crippen molar-refractivity contribution in [2.24, 2.45) is 0 Å². The number of aryl methyl sites for hydroxylation is 1. The highest BCUT2D eigenvalue weighted by Gasteiger charge is 2.33. The van der Waals surface area contributed by atoms with Crippen molar-refractivity contribution >= 4 is 11.9 Å². The zero-order chi connectivity index (χ0) is 20.4. The molecule has 1 atom stereocenters. The van der Waals surface area contributed by atoms with Crippen LogP contribution in [0.5, 0.6) is 0 Å². The van der Waals surface area contributed by atoms with Gasteiger partial charge >= 0.3 is 0 Å². The highest BCUT2D eigenvalue weighted by atomic mass is 16.2. The van der Waals surface area contributed by atoms with Gasteiger partial charge in [-0.15, -0.1) is 0 Å².